The second kappa shape index (κ2) is 6.10. The predicted molar refractivity (Wildman–Crippen MR) is 80.4 cm³/mol. The summed E-state index contributed by atoms with van der Waals surface area (Å²) >= 11 is 9.47. The molecule has 0 amide bonds. The number of hydrogen-bond acceptors (Lipinski definition) is 3. The summed E-state index contributed by atoms with van der Waals surface area (Å²) in [5.74, 6) is 0. The maximum absolute atomic E-state index is 10.2. The lowest BCUT2D eigenvalue weighted by atomic mass is 10.1. The Balaban J connectivity index is 1.89. The molecule has 1 aliphatic heterocycles. The van der Waals surface area contributed by atoms with E-state index >= 15 is 0 Å². The number of hydrogen-bond donors (Lipinski definition) is 2. The molecular formula is C14H19BrClNO2. The molecule has 0 aliphatic carbocycles. The molecule has 5 heteroatoms. The van der Waals surface area contributed by atoms with Gasteiger partial charge in [0.25, 0.3) is 0 Å². The second-order valence-corrected chi connectivity index (χ2v) is 6.82. The van der Waals surface area contributed by atoms with Gasteiger partial charge in [-0.25, -0.2) is 0 Å². The Hall–Kier alpha value is -0.130. The maximum Gasteiger partial charge on any atom is 0.0816 e. The number of nitrogens with zero attached hydrogens (tertiary/aromatic N) is 1. The lowest BCUT2D eigenvalue weighted by Gasteiger charge is -2.20. The van der Waals surface area contributed by atoms with Crippen LogP contribution >= 0.6 is 27.5 Å². The lowest BCUT2D eigenvalue weighted by molar-refractivity contribution is 0.0655. The van der Waals surface area contributed by atoms with Crippen LogP contribution in [-0.2, 0) is 0 Å². The third-order valence-electron chi connectivity index (χ3n) is 3.57. The Morgan fingerprint density at radius 2 is 2.26 bits per heavy atom. The summed E-state index contributed by atoms with van der Waals surface area (Å²) in [6.45, 7) is 4.18. The van der Waals surface area contributed by atoms with Gasteiger partial charge in [0.1, 0.15) is 0 Å². The lowest BCUT2D eigenvalue weighted by Crippen LogP contribution is -2.30. The summed E-state index contributed by atoms with van der Waals surface area (Å²) < 4.78 is 0.907. The van der Waals surface area contributed by atoms with Crippen LogP contribution in [0.1, 0.15) is 31.4 Å². The van der Waals surface area contributed by atoms with E-state index in [1.54, 1.807) is 6.07 Å². The number of likely N-dealkylation sites (tertiary alicyclic amines) is 1. The average Bonchev–Trinajstić information content (AvgIpc) is 2.66. The monoisotopic (exact) mass is 347 g/mol. The van der Waals surface area contributed by atoms with E-state index in [9.17, 15) is 10.2 Å². The van der Waals surface area contributed by atoms with Crippen LogP contribution in [0.4, 0.5) is 0 Å². The first-order valence-corrected chi connectivity index (χ1v) is 7.62. The van der Waals surface area contributed by atoms with Gasteiger partial charge in [0.05, 0.1) is 11.7 Å². The molecule has 1 aliphatic rings. The van der Waals surface area contributed by atoms with E-state index in [2.05, 4.69) is 20.8 Å². The number of halogens is 2. The van der Waals surface area contributed by atoms with Crippen molar-refractivity contribution in [3.8, 4) is 0 Å². The number of benzene rings is 1. The van der Waals surface area contributed by atoms with Crippen molar-refractivity contribution in [3.63, 3.8) is 0 Å². The van der Waals surface area contributed by atoms with E-state index in [-0.39, 0.29) is 0 Å². The average molecular weight is 349 g/mol. The maximum atomic E-state index is 10.2. The zero-order chi connectivity index (χ0) is 14.0. The van der Waals surface area contributed by atoms with Crippen LogP contribution in [0.2, 0.25) is 5.02 Å². The first kappa shape index (κ1) is 15.3. The number of rotatable bonds is 4. The molecule has 2 atom stereocenters. The van der Waals surface area contributed by atoms with E-state index in [4.69, 9.17) is 11.6 Å². The van der Waals surface area contributed by atoms with Crippen molar-refractivity contribution < 1.29 is 10.2 Å². The molecule has 106 valence electrons. The molecule has 0 bridgehead atoms. The van der Waals surface area contributed by atoms with E-state index in [0.29, 0.717) is 18.0 Å². The van der Waals surface area contributed by atoms with Gasteiger partial charge in [-0.1, -0.05) is 33.6 Å². The summed E-state index contributed by atoms with van der Waals surface area (Å²) in [5, 5.41) is 20.7. The summed E-state index contributed by atoms with van der Waals surface area (Å²) in [7, 11) is 0. The molecule has 1 heterocycles. The highest BCUT2D eigenvalue weighted by atomic mass is 79.9. The van der Waals surface area contributed by atoms with Gasteiger partial charge in [0.15, 0.2) is 0 Å². The molecule has 1 aromatic carbocycles. The van der Waals surface area contributed by atoms with Gasteiger partial charge in [-0.2, -0.15) is 0 Å². The molecule has 1 fully saturated rings. The molecule has 19 heavy (non-hydrogen) atoms. The first-order valence-electron chi connectivity index (χ1n) is 6.45. The fourth-order valence-corrected chi connectivity index (χ4v) is 3.26. The summed E-state index contributed by atoms with van der Waals surface area (Å²) in [6, 6.07) is 5.52. The van der Waals surface area contributed by atoms with Crippen LogP contribution in [0.3, 0.4) is 0 Å². The van der Waals surface area contributed by atoms with Gasteiger partial charge in [0.2, 0.25) is 0 Å². The largest absolute Gasteiger partial charge is 0.389 e. The van der Waals surface area contributed by atoms with Crippen molar-refractivity contribution in [2.24, 2.45) is 0 Å². The molecule has 3 nitrogen and oxygen atoms in total. The highest BCUT2D eigenvalue weighted by Gasteiger charge is 2.31. The second-order valence-electron chi connectivity index (χ2n) is 5.49. The quantitative estimate of drug-likeness (QED) is 0.879. The molecule has 1 aromatic rings. The molecule has 2 N–H and O–H groups in total. The molecule has 2 unspecified atom stereocenters. The SMILES string of the molecule is CC1(O)CCN(CCC(O)c2ccc(Br)cc2Cl)C1. The fraction of sp³-hybridized carbons (Fsp3) is 0.571. The minimum Gasteiger partial charge on any atom is -0.389 e. The minimum absolute atomic E-state index is 0.564. The van der Waals surface area contributed by atoms with Crippen molar-refractivity contribution in [2.75, 3.05) is 19.6 Å². The van der Waals surface area contributed by atoms with Crippen molar-refractivity contribution in [1.82, 2.24) is 4.90 Å². The normalized spacial score (nSPS) is 25.7. The molecule has 0 saturated carbocycles. The highest BCUT2D eigenvalue weighted by Crippen LogP contribution is 2.29. The smallest absolute Gasteiger partial charge is 0.0816 e. The third kappa shape index (κ3) is 4.17. The first-order chi connectivity index (χ1) is 8.87. The van der Waals surface area contributed by atoms with Crippen LogP contribution < -0.4 is 0 Å². The zero-order valence-corrected chi connectivity index (χ0v) is 13.3. The van der Waals surface area contributed by atoms with Crippen molar-refractivity contribution >= 4 is 27.5 Å². The van der Waals surface area contributed by atoms with Crippen LogP contribution in [0.15, 0.2) is 22.7 Å². The summed E-state index contributed by atoms with van der Waals surface area (Å²) in [4.78, 5) is 2.18. The Kier molecular flexibility index (Phi) is 4.90. The van der Waals surface area contributed by atoms with Crippen LogP contribution in [-0.4, -0.2) is 40.3 Å². The minimum atomic E-state index is -0.583. The molecule has 1 saturated heterocycles. The van der Waals surface area contributed by atoms with Crippen molar-refractivity contribution in [2.45, 2.75) is 31.5 Å². The Bertz CT molecular complexity index is 453. The summed E-state index contributed by atoms with van der Waals surface area (Å²) in [6.07, 6.45) is 0.852. The van der Waals surface area contributed by atoms with Gasteiger partial charge in [-0.05, 0) is 37.5 Å². The topological polar surface area (TPSA) is 43.7 Å². The van der Waals surface area contributed by atoms with Gasteiger partial charge in [-0.3, -0.25) is 0 Å². The third-order valence-corrected chi connectivity index (χ3v) is 4.39. The fourth-order valence-electron chi connectivity index (χ4n) is 2.46. The Labute approximate surface area is 127 Å². The number of aliphatic hydroxyl groups excluding tert-OH is 1. The van der Waals surface area contributed by atoms with Crippen molar-refractivity contribution in [1.29, 1.82) is 0 Å². The Morgan fingerprint density at radius 1 is 1.53 bits per heavy atom. The van der Waals surface area contributed by atoms with E-state index in [0.717, 1.165) is 29.5 Å². The van der Waals surface area contributed by atoms with Gasteiger partial charge in [-0.15, -0.1) is 0 Å². The highest BCUT2D eigenvalue weighted by molar-refractivity contribution is 9.10. The van der Waals surface area contributed by atoms with Gasteiger partial charge in [0, 0.05) is 29.1 Å². The van der Waals surface area contributed by atoms with Crippen LogP contribution in [0.5, 0.6) is 0 Å². The van der Waals surface area contributed by atoms with Crippen molar-refractivity contribution in [3.05, 3.63) is 33.3 Å². The standard InChI is InChI=1S/C14H19BrClNO2/c1-14(19)5-7-17(9-14)6-4-13(18)11-3-2-10(15)8-12(11)16/h2-3,8,13,18-19H,4-7,9H2,1H3. The van der Waals surface area contributed by atoms with Gasteiger partial charge < -0.3 is 15.1 Å². The molecule has 0 spiro atoms. The predicted octanol–water partition coefficient (Wildman–Crippen LogP) is 2.98. The molecular weight excluding hydrogens is 330 g/mol. The Morgan fingerprint density at radius 3 is 2.84 bits per heavy atom. The molecule has 0 radical (unpaired) electrons. The van der Waals surface area contributed by atoms with E-state index in [1.165, 1.54) is 0 Å². The zero-order valence-electron chi connectivity index (χ0n) is 10.9. The molecule has 0 aromatic heterocycles. The van der Waals surface area contributed by atoms with Crippen LogP contribution in [0, 0.1) is 0 Å². The number of β-amino-alcohol motifs (C(OH)–C–C–N with tert-alkyl or cyclic N) is 1. The summed E-state index contributed by atoms with van der Waals surface area (Å²) in [5.41, 5.74) is 0.177. The molecule has 2 rings (SSSR count). The number of aliphatic hydroxyl groups is 2. The van der Waals surface area contributed by atoms with E-state index < -0.39 is 11.7 Å². The van der Waals surface area contributed by atoms with Crippen LogP contribution in [0.25, 0.3) is 0 Å². The van der Waals surface area contributed by atoms with Gasteiger partial charge >= 0.3 is 0 Å². The van der Waals surface area contributed by atoms with E-state index in [1.807, 2.05) is 19.1 Å².